The van der Waals surface area contributed by atoms with Crippen LogP contribution in [0.4, 0.5) is 10.2 Å². The Balaban J connectivity index is 2.11. The smallest absolute Gasteiger partial charge is 0.339 e. The van der Waals surface area contributed by atoms with Crippen molar-refractivity contribution in [2.24, 2.45) is 5.92 Å². The van der Waals surface area contributed by atoms with Crippen LogP contribution in [-0.2, 0) is 4.74 Å². The summed E-state index contributed by atoms with van der Waals surface area (Å²) in [5.74, 6) is -1.22. The number of nitrogens with one attached hydrogen (secondary N) is 1. The molecule has 1 aromatic heterocycles. The fraction of sp³-hybridized carbons (Fsp3) is 0.538. The van der Waals surface area contributed by atoms with Gasteiger partial charge in [-0.15, -0.1) is 0 Å². The molecule has 1 aliphatic heterocycles. The average Bonchev–Trinajstić information content (AvgIpc) is 2.41. The van der Waals surface area contributed by atoms with E-state index in [0.29, 0.717) is 5.92 Å². The van der Waals surface area contributed by atoms with Gasteiger partial charge in [-0.2, -0.15) is 0 Å². The SMILES string of the molecule is CC(Nc1ncc(F)cc1C(=O)O)C1CCOCC1. The molecular weight excluding hydrogens is 251 g/mol. The maximum atomic E-state index is 13.0. The van der Waals surface area contributed by atoms with Crippen molar-refractivity contribution < 1.29 is 19.0 Å². The lowest BCUT2D eigenvalue weighted by molar-refractivity contribution is 0.0620. The number of pyridine rings is 1. The van der Waals surface area contributed by atoms with Gasteiger partial charge in [-0.3, -0.25) is 0 Å². The molecule has 19 heavy (non-hydrogen) atoms. The molecule has 0 aromatic carbocycles. The van der Waals surface area contributed by atoms with Gasteiger partial charge in [0.2, 0.25) is 0 Å². The summed E-state index contributed by atoms with van der Waals surface area (Å²) in [5, 5.41) is 12.1. The van der Waals surface area contributed by atoms with Crippen molar-refractivity contribution in [3.8, 4) is 0 Å². The number of hydrogen-bond acceptors (Lipinski definition) is 4. The first-order chi connectivity index (χ1) is 9.08. The first-order valence-corrected chi connectivity index (χ1v) is 6.31. The summed E-state index contributed by atoms with van der Waals surface area (Å²) in [6.07, 6.45) is 2.88. The molecule has 1 aliphatic rings. The molecule has 104 valence electrons. The quantitative estimate of drug-likeness (QED) is 0.875. The largest absolute Gasteiger partial charge is 0.478 e. The van der Waals surface area contributed by atoms with Gasteiger partial charge in [0.15, 0.2) is 0 Å². The van der Waals surface area contributed by atoms with Crippen molar-refractivity contribution in [1.82, 2.24) is 4.98 Å². The number of aromatic nitrogens is 1. The third kappa shape index (κ3) is 3.41. The molecule has 6 heteroatoms. The normalized spacial score (nSPS) is 18.0. The van der Waals surface area contributed by atoms with Crippen molar-refractivity contribution >= 4 is 11.8 Å². The summed E-state index contributed by atoms with van der Waals surface area (Å²) >= 11 is 0. The van der Waals surface area contributed by atoms with Crippen LogP contribution in [0.15, 0.2) is 12.3 Å². The van der Waals surface area contributed by atoms with Gasteiger partial charge in [-0.05, 0) is 31.7 Å². The van der Waals surface area contributed by atoms with E-state index in [4.69, 9.17) is 9.84 Å². The van der Waals surface area contributed by atoms with Crippen molar-refractivity contribution in [3.05, 3.63) is 23.6 Å². The summed E-state index contributed by atoms with van der Waals surface area (Å²) in [6, 6.07) is 1.05. The minimum atomic E-state index is -1.19. The highest BCUT2D eigenvalue weighted by Gasteiger charge is 2.22. The highest BCUT2D eigenvalue weighted by molar-refractivity contribution is 5.93. The molecule has 5 nitrogen and oxygen atoms in total. The van der Waals surface area contributed by atoms with Crippen LogP contribution in [0, 0.1) is 11.7 Å². The Bertz CT molecular complexity index is 461. The van der Waals surface area contributed by atoms with E-state index < -0.39 is 11.8 Å². The molecule has 1 unspecified atom stereocenters. The third-order valence-corrected chi connectivity index (χ3v) is 3.42. The van der Waals surface area contributed by atoms with Gasteiger partial charge in [0.05, 0.1) is 6.20 Å². The predicted molar refractivity (Wildman–Crippen MR) is 67.8 cm³/mol. The highest BCUT2D eigenvalue weighted by atomic mass is 19.1. The van der Waals surface area contributed by atoms with Gasteiger partial charge in [0.1, 0.15) is 17.2 Å². The van der Waals surface area contributed by atoms with Gasteiger partial charge in [-0.25, -0.2) is 14.2 Å². The Kier molecular flexibility index (Phi) is 4.31. The molecule has 0 bridgehead atoms. The van der Waals surface area contributed by atoms with Crippen molar-refractivity contribution in [2.75, 3.05) is 18.5 Å². The zero-order valence-electron chi connectivity index (χ0n) is 10.7. The van der Waals surface area contributed by atoms with E-state index in [1.54, 1.807) is 0 Å². The maximum Gasteiger partial charge on any atom is 0.339 e. The second kappa shape index (κ2) is 5.97. The average molecular weight is 268 g/mol. The Morgan fingerprint density at radius 1 is 1.58 bits per heavy atom. The molecule has 2 N–H and O–H groups in total. The number of carboxylic acid groups (broad SMARTS) is 1. The van der Waals surface area contributed by atoms with Crippen molar-refractivity contribution in [1.29, 1.82) is 0 Å². The zero-order chi connectivity index (χ0) is 13.8. The summed E-state index contributed by atoms with van der Waals surface area (Å²) in [7, 11) is 0. The second-order valence-electron chi connectivity index (χ2n) is 4.74. The number of hydrogen-bond donors (Lipinski definition) is 2. The summed E-state index contributed by atoms with van der Waals surface area (Å²) in [5.41, 5.74) is -0.140. The first kappa shape index (κ1) is 13.7. The molecule has 1 atom stereocenters. The fourth-order valence-corrected chi connectivity index (χ4v) is 2.27. The minimum Gasteiger partial charge on any atom is -0.478 e. The standard InChI is InChI=1S/C13H17FN2O3/c1-8(9-2-4-19-5-3-9)16-12-11(13(17)18)6-10(14)7-15-12/h6-9H,2-5H2,1H3,(H,15,16)(H,17,18). The van der Waals surface area contributed by atoms with Gasteiger partial charge >= 0.3 is 5.97 Å². The lowest BCUT2D eigenvalue weighted by Crippen LogP contribution is -2.31. The molecule has 1 aromatic rings. The van der Waals surface area contributed by atoms with E-state index in [1.165, 1.54) is 0 Å². The van der Waals surface area contributed by atoms with Crippen LogP contribution in [0.1, 0.15) is 30.1 Å². The molecule has 0 spiro atoms. The number of carbonyl (C=O) groups is 1. The minimum absolute atomic E-state index is 0.0694. The molecular formula is C13H17FN2O3. The lowest BCUT2D eigenvalue weighted by atomic mass is 9.93. The molecule has 2 rings (SSSR count). The second-order valence-corrected chi connectivity index (χ2v) is 4.74. The van der Waals surface area contributed by atoms with E-state index in [0.717, 1.165) is 38.3 Å². The Morgan fingerprint density at radius 3 is 2.89 bits per heavy atom. The van der Waals surface area contributed by atoms with Crippen LogP contribution in [0.2, 0.25) is 0 Å². The molecule has 1 saturated heterocycles. The van der Waals surface area contributed by atoms with Crippen LogP contribution >= 0.6 is 0 Å². The molecule has 2 heterocycles. The van der Waals surface area contributed by atoms with Crippen LogP contribution in [0.25, 0.3) is 0 Å². The van der Waals surface area contributed by atoms with Crippen LogP contribution in [-0.4, -0.2) is 35.3 Å². The molecule has 0 radical (unpaired) electrons. The summed E-state index contributed by atoms with van der Waals surface area (Å²) in [6.45, 7) is 3.42. The number of rotatable bonds is 4. The van der Waals surface area contributed by atoms with Crippen molar-refractivity contribution in [3.63, 3.8) is 0 Å². The lowest BCUT2D eigenvalue weighted by Gasteiger charge is -2.29. The van der Waals surface area contributed by atoms with Gasteiger partial charge < -0.3 is 15.2 Å². The van der Waals surface area contributed by atoms with Gasteiger partial charge in [-0.1, -0.05) is 0 Å². The Morgan fingerprint density at radius 2 is 2.26 bits per heavy atom. The maximum absolute atomic E-state index is 13.0. The predicted octanol–water partition coefficient (Wildman–Crippen LogP) is 2.15. The number of carboxylic acids is 1. The summed E-state index contributed by atoms with van der Waals surface area (Å²) in [4.78, 5) is 14.9. The number of halogens is 1. The third-order valence-electron chi connectivity index (χ3n) is 3.42. The van der Waals surface area contributed by atoms with E-state index in [1.807, 2.05) is 6.92 Å². The van der Waals surface area contributed by atoms with Crippen LogP contribution in [0.5, 0.6) is 0 Å². The number of anilines is 1. The topological polar surface area (TPSA) is 71.5 Å². The van der Waals surface area contributed by atoms with Crippen molar-refractivity contribution in [2.45, 2.75) is 25.8 Å². The zero-order valence-corrected chi connectivity index (χ0v) is 10.7. The van der Waals surface area contributed by atoms with Crippen LogP contribution < -0.4 is 5.32 Å². The van der Waals surface area contributed by atoms with E-state index in [9.17, 15) is 9.18 Å². The summed E-state index contributed by atoms with van der Waals surface area (Å²) < 4.78 is 18.3. The van der Waals surface area contributed by atoms with E-state index in [2.05, 4.69) is 10.3 Å². The molecule has 0 aliphatic carbocycles. The highest BCUT2D eigenvalue weighted by Crippen LogP contribution is 2.23. The molecule has 1 fully saturated rings. The number of ether oxygens (including phenoxy) is 1. The monoisotopic (exact) mass is 268 g/mol. The van der Waals surface area contributed by atoms with E-state index in [-0.39, 0.29) is 17.4 Å². The van der Waals surface area contributed by atoms with E-state index >= 15 is 0 Å². The number of nitrogens with zero attached hydrogens (tertiary/aromatic N) is 1. The Hall–Kier alpha value is -1.69. The van der Waals surface area contributed by atoms with Gasteiger partial charge in [0, 0.05) is 19.3 Å². The Labute approximate surface area is 110 Å². The molecule has 0 saturated carbocycles. The number of aromatic carboxylic acids is 1. The first-order valence-electron chi connectivity index (χ1n) is 6.31. The van der Waals surface area contributed by atoms with Gasteiger partial charge in [0.25, 0.3) is 0 Å². The fourth-order valence-electron chi connectivity index (χ4n) is 2.27. The van der Waals surface area contributed by atoms with Crippen LogP contribution in [0.3, 0.4) is 0 Å². The molecule has 0 amide bonds.